The van der Waals surface area contributed by atoms with Gasteiger partial charge >= 0.3 is 6.18 Å². The molecule has 154 valence electrons. The van der Waals surface area contributed by atoms with E-state index in [1.54, 1.807) is 30.3 Å². The quantitative estimate of drug-likeness (QED) is 0.737. The molecule has 0 saturated carbocycles. The van der Waals surface area contributed by atoms with Crippen LogP contribution < -0.4 is 15.0 Å². The Bertz CT molecular complexity index is 828. The van der Waals surface area contributed by atoms with Crippen LogP contribution in [0.3, 0.4) is 0 Å². The Hall–Kier alpha value is -3.03. The first-order valence-corrected chi connectivity index (χ1v) is 9.29. The van der Waals surface area contributed by atoms with Crippen molar-refractivity contribution in [1.82, 2.24) is 10.3 Å². The minimum absolute atomic E-state index is 0.00453. The lowest BCUT2D eigenvalue weighted by Gasteiger charge is -2.33. The molecule has 29 heavy (non-hydrogen) atoms. The second-order valence-corrected chi connectivity index (χ2v) is 6.76. The van der Waals surface area contributed by atoms with Crippen molar-refractivity contribution in [2.75, 3.05) is 24.6 Å². The number of hydrogen-bond donors (Lipinski definition) is 1. The predicted molar refractivity (Wildman–Crippen MR) is 104 cm³/mol. The van der Waals surface area contributed by atoms with Gasteiger partial charge in [-0.25, -0.2) is 4.98 Å². The molecule has 0 radical (unpaired) electrons. The highest BCUT2D eigenvalue weighted by atomic mass is 19.4. The number of aromatic nitrogens is 1. The van der Waals surface area contributed by atoms with E-state index in [9.17, 15) is 18.0 Å². The topological polar surface area (TPSA) is 54.5 Å². The van der Waals surface area contributed by atoms with Crippen LogP contribution in [0.4, 0.5) is 19.0 Å². The number of ether oxygens (including phenoxy) is 1. The first kappa shape index (κ1) is 20.7. The summed E-state index contributed by atoms with van der Waals surface area (Å²) in [4.78, 5) is 18.3. The molecule has 1 saturated heterocycles. The van der Waals surface area contributed by atoms with E-state index in [1.165, 1.54) is 6.07 Å². The zero-order chi connectivity index (χ0) is 20.9. The maximum atomic E-state index is 12.6. The molecule has 1 aliphatic heterocycles. The number of hydrogen-bond acceptors (Lipinski definition) is 4. The second kappa shape index (κ2) is 8.98. The van der Waals surface area contributed by atoms with E-state index in [4.69, 9.17) is 4.74 Å². The van der Waals surface area contributed by atoms with E-state index in [0.29, 0.717) is 49.7 Å². The van der Waals surface area contributed by atoms with Gasteiger partial charge in [0.25, 0.3) is 5.91 Å². The molecule has 1 N–H and O–H groups in total. The minimum Gasteiger partial charge on any atom is -0.490 e. The molecule has 0 spiro atoms. The Kier molecular flexibility index (Phi) is 6.41. The fourth-order valence-electron chi connectivity index (χ4n) is 3.12. The Morgan fingerprint density at radius 2 is 1.90 bits per heavy atom. The van der Waals surface area contributed by atoms with Crippen LogP contribution in [-0.4, -0.2) is 36.6 Å². The fraction of sp³-hybridized carbons (Fsp3) is 0.333. The number of piperidine rings is 1. The summed E-state index contributed by atoms with van der Waals surface area (Å²) < 4.78 is 43.3. The molecule has 2 heterocycles. The van der Waals surface area contributed by atoms with Gasteiger partial charge in [-0.3, -0.25) is 4.79 Å². The van der Waals surface area contributed by atoms with Gasteiger partial charge in [0, 0.05) is 30.9 Å². The monoisotopic (exact) mass is 405 g/mol. The predicted octanol–water partition coefficient (Wildman–Crippen LogP) is 4.06. The molecular weight excluding hydrogens is 383 g/mol. The molecule has 0 atom stereocenters. The number of alkyl halides is 3. The van der Waals surface area contributed by atoms with Crippen LogP contribution in [0.1, 0.15) is 28.8 Å². The van der Waals surface area contributed by atoms with Crippen LogP contribution in [0, 0.1) is 0 Å². The van der Waals surface area contributed by atoms with Crippen molar-refractivity contribution in [2.24, 2.45) is 0 Å². The van der Waals surface area contributed by atoms with Crippen molar-refractivity contribution in [3.05, 3.63) is 66.4 Å². The molecule has 1 aromatic heterocycles. The van der Waals surface area contributed by atoms with Gasteiger partial charge in [-0.1, -0.05) is 12.7 Å². The summed E-state index contributed by atoms with van der Waals surface area (Å²) in [5.74, 6) is 1.02. The van der Waals surface area contributed by atoms with Crippen LogP contribution in [-0.2, 0) is 6.18 Å². The highest BCUT2D eigenvalue weighted by molar-refractivity contribution is 5.94. The lowest BCUT2D eigenvalue weighted by atomic mass is 10.0. The third kappa shape index (κ3) is 5.49. The molecule has 8 heteroatoms. The standard InChI is InChI=1S/C21H22F3N3O2/c1-2-13-29-18-6-3-15(4-7-18)20(28)26-17-9-11-27(12-10-17)19-8-5-16(14-25-19)21(22,23)24/h2-8,14,17H,1,9-13H2,(H,26,28). The summed E-state index contributed by atoms with van der Waals surface area (Å²) >= 11 is 0. The molecule has 1 aromatic carbocycles. The average Bonchev–Trinajstić information content (AvgIpc) is 2.72. The van der Waals surface area contributed by atoms with E-state index in [1.807, 2.05) is 4.90 Å². The highest BCUT2D eigenvalue weighted by Gasteiger charge is 2.31. The number of benzene rings is 1. The smallest absolute Gasteiger partial charge is 0.417 e. The van der Waals surface area contributed by atoms with Gasteiger partial charge in [0.1, 0.15) is 18.2 Å². The summed E-state index contributed by atoms with van der Waals surface area (Å²) in [6.45, 7) is 5.20. The summed E-state index contributed by atoms with van der Waals surface area (Å²) in [7, 11) is 0. The van der Waals surface area contributed by atoms with E-state index in [0.717, 1.165) is 12.3 Å². The molecule has 1 amide bonds. The number of carbonyl (C=O) groups is 1. The Labute approximate surface area is 167 Å². The van der Waals surface area contributed by atoms with Crippen LogP contribution in [0.5, 0.6) is 5.75 Å². The normalized spacial score (nSPS) is 15.1. The van der Waals surface area contributed by atoms with Gasteiger partial charge in [0.2, 0.25) is 0 Å². The molecule has 3 rings (SSSR count). The first-order valence-electron chi connectivity index (χ1n) is 9.29. The van der Waals surface area contributed by atoms with E-state index in [2.05, 4.69) is 16.9 Å². The zero-order valence-corrected chi connectivity index (χ0v) is 15.8. The Morgan fingerprint density at radius 3 is 2.45 bits per heavy atom. The van der Waals surface area contributed by atoms with Gasteiger partial charge in [-0.2, -0.15) is 13.2 Å². The van der Waals surface area contributed by atoms with Crippen molar-refractivity contribution < 1.29 is 22.7 Å². The summed E-state index contributed by atoms with van der Waals surface area (Å²) in [6.07, 6.45) is -0.512. The number of nitrogens with zero attached hydrogens (tertiary/aromatic N) is 2. The molecule has 0 aliphatic carbocycles. The number of halogens is 3. The fourth-order valence-corrected chi connectivity index (χ4v) is 3.12. The van der Waals surface area contributed by atoms with Crippen molar-refractivity contribution in [2.45, 2.75) is 25.1 Å². The number of anilines is 1. The number of pyridine rings is 1. The van der Waals surface area contributed by atoms with E-state index in [-0.39, 0.29) is 11.9 Å². The first-order chi connectivity index (χ1) is 13.9. The summed E-state index contributed by atoms with van der Waals surface area (Å²) in [5, 5.41) is 3.01. The molecule has 0 bridgehead atoms. The number of amides is 1. The van der Waals surface area contributed by atoms with Crippen LogP contribution in [0.2, 0.25) is 0 Å². The van der Waals surface area contributed by atoms with Crippen LogP contribution in [0.25, 0.3) is 0 Å². The SMILES string of the molecule is C=CCOc1ccc(C(=O)NC2CCN(c3ccc(C(F)(F)F)cn3)CC2)cc1. The number of nitrogens with one attached hydrogen (secondary N) is 1. The zero-order valence-electron chi connectivity index (χ0n) is 15.8. The largest absolute Gasteiger partial charge is 0.490 e. The highest BCUT2D eigenvalue weighted by Crippen LogP contribution is 2.29. The summed E-state index contributed by atoms with van der Waals surface area (Å²) in [6, 6.07) is 9.31. The van der Waals surface area contributed by atoms with Crippen LogP contribution >= 0.6 is 0 Å². The van der Waals surface area contributed by atoms with Crippen molar-refractivity contribution in [1.29, 1.82) is 0 Å². The summed E-state index contributed by atoms with van der Waals surface area (Å²) in [5.41, 5.74) is -0.216. The van der Waals surface area contributed by atoms with Gasteiger partial charge < -0.3 is 15.0 Å². The Morgan fingerprint density at radius 1 is 1.21 bits per heavy atom. The molecular formula is C21H22F3N3O2. The number of carbonyl (C=O) groups excluding carboxylic acids is 1. The molecule has 2 aromatic rings. The van der Waals surface area contributed by atoms with Gasteiger partial charge in [0.05, 0.1) is 5.56 Å². The van der Waals surface area contributed by atoms with Gasteiger partial charge in [0.15, 0.2) is 0 Å². The minimum atomic E-state index is -4.39. The van der Waals surface area contributed by atoms with Gasteiger partial charge in [-0.15, -0.1) is 0 Å². The third-order valence-electron chi connectivity index (χ3n) is 4.71. The van der Waals surface area contributed by atoms with Crippen molar-refractivity contribution in [3.63, 3.8) is 0 Å². The molecule has 1 fully saturated rings. The van der Waals surface area contributed by atoms with Crippen molar-refractivity contribution in [3.8, 4) is 5.75 Å². The molecule has 0 unspecified atom stereocenters. The average molecular weight is 405 g/mol. The van der Waals surface area contributed by atoms with E-state index < -0.39 is 11.7 Å². The number of rotatable bonds is 6. The molecule has 1 aliphatic rings. The van der Waals surface area contributed by atoms with Gasteiger partial charge in [-0.05, 0) is 49.2 Å². The lowest BCUT2D eigenvalue weighted by Crippen LogP contribution is -2.45. The lowest BCUT2D eigenvalue weighted by molar-refractivity contribution is -0.137. The van der Waals surface area contributed by atoms with Crippen molar-refractivity contribution >= 4 is 11.7 Å². The second-order valence-electron chi connectivity index (χ2n) is 6.76. The Balaban J connectivity index is 1.50. The van der Waals surface area contributed by atoms with Crippen LogP contribution in [0.15, 0.2) is 55.3 Å². The van der Waals surface area contributed by atoms with E-state index >= 15 is 0 Å². The molecule has 5 nitrogen and oxygen atoms in total. The maximum Gasteiger partial charge on any atom is 0.417 e. The maximum absolute atomic E-state index is 12.6. The third-order valence-corrected chi connectivity index (χ3v) is 4.71.